The third-order valence-electron chi connectivity index (χ3n) is 6.45. The van der Waals surface area contributed by atoms with Crippen LogP contribution in [0.15, 0.2) is 47.4 Å². The van der Waals surface area contributed by atoms with Crippen molar-refractivity contribution in [3.8, 4) is 0 Å². The zero-order chi connectivity index (χ0) is 20.8. The van der Waals surface area contributed by atoms with Gasteiger partial charge in [-0.1, -0.05) is 50.3 Å². The summed E-state index contributed by atoms with van der Waals surface area (Å²) in [6, 6.07) is 7.03. The third-order valence-corrected chi connectivity index (χ3v) is 7.27. The van der Waals surface area contributed by atoms with Crippen LogP contribution in [0.3, 0.4) is 0 Å². The molecule has 2 aliphatic carbocycles. The fourth-order valence-corrected chi connectivity index (χ4v) is 5.53. The average Bonchev–Trinajstić information content (AvgIpc) is 3.29. The highest BCUT2D eigenvalue weighted by molar-refractivity contribution is 8.01. The lowest BCUT2D eigenvalue weighted by atomic mass is 9.76. The Bertz CT molecular complexity index is 812. The first kappa shape index (κ1) is 21.2. The Hall–Kier alpha value is -2.05. The molecule has 2 fully saturated rings. The fourth-order valence-electron chi connectivity index (χ4n) is 4.84. The van der Waals surface area contributed by atoms with E-state index in [4.69, 9.17) is 0 Å². The summed E-state index contributed by atoms with van der Waals surface area (Å²) in [7, 11) is 0. The number of rotatable bonds is 6. The van der Waals surface area contributed by atoms with Crippen molar-refractivity contribution in [2.75, 3.05) is 11.9 Å². The van der Waals surface area contributed by atoms with E-state index < -0.39 is 0 Å². The molecule has 5 nitrogen and oxygen atoms in total. The summed E-state index contributed by atoms with van der Waals surface area (Å²) >= 11 is 1.34. The van der Waals surface area contributed by atoms with Gasteiger partial charge in [-0.3, -0.25) is 14.3 Å². The maximum Gasteiger partial charge on any atom is 0.261 e. The first-order valence-corrected chi connectivity index (χ1v) is 12.0. The van der Waals surface area contributed by atoms with Gasteiger partial charge in [0.05, 0.1) is 6.04 Å². The summed E-state index contributed by atoms with van der Waals surface area (Å²) < 4.78 is 2.88. The Morgan fingerprint density at radius 1 is 1.00 bits per heavy atom. The topological polar surface area (TPSA) is 70.2 Å². The molecule has 0 bridgehead atoms. The number of amides is 2. The lowest BCUT2D eigenvalue weighted by Gasteiger charge is -2.30. The van der Waals surface area contributed by atoms with Gasteiger partial charge >= 0.3 is 0 Å². The number of hydrogen-bond acceptors (Lipinski definition) is 4. The van der Waals surface area contributed by atoms with Gasteiger partial charge in [0.1, 0.15) is 0 Å². The third kappa shape index (κ3) is 5.35. The SMILES string of the molecule is O=C(NSC1=CCCC=C1)c1ccc(NC(=O)C2NCCC2C2CCCCC2)cc1. The predicted molar refractivity (Wildman–Crippen MR) is 123 cm³/mol. The van der Waals surface area contributed by atoms with Gasteiger partial charge in [0.25, 0.3) is 5.91 Å². The summed E-state index contributed by atoms with van der Waals surface area (Å²) in [5, 5.41) is 6.46. The van der Waals surface area contributed by atoms with Crippen LogP contribution < -0.4 is 15.4 Å². The molecule has 4 rings (SSSR count). The Morgan fingerprint density at radius 3 is 2.53 bits per heavy atom. The maximum absolute atomic E-state index is 12.9. The molecule has 2 amide bonds. The lowest BCUT2D eigenvalue weighted by molar-refractivity contribution is -0.119. The van der Waals surface area contributed by atoms with Crippen LogP contribution in [0.4, 0.5) is 5.69 Å². The molecule has 1 aliphatic heterocycles. The zero-order valence-corrected chi connectivity index (χ0v) is 18.2. The molecular formula is C24H31N3O2S. The first-order valence-electron chi connectivity index (χ1n) is 11.2. The van der Waals surface area contributed by atoms with E-state index in [9.17, 15) is 9.59 Å². The number of carbonyl (C=O) groups excluding carboxylic acids is 2. The molecule has 0 radical (unpaired) electrons. The second kappa shape index (κ2) is 10.3. The highest BCUT2D eigenvalue weighted by Crippen LogP contribution is 2.36. The molecule has 1 heterocycles. The van der Waals surface area contributed by atoms with Crippen molar-refractivity contribution in [3.05, 3.63) is 53.0 Å². The molecule has 1 aromatic carbocycles. The molecule has 0 aromatic heterocycles. The largest absolute Gasteiger partial charge is 0.325 e. The van der Waals surface area contributed by atoms with E-state index in [1.807, 2.05) is 18.2 Å². The molecule has 160 valence electrons. The van der Waals surface area contributed by atoms with Crippen LogP contribution in [-0.2, 0) is 4.79 Å². The second-order valence-electron chi connectivity index (χ2n) is 8.47. The number of allylic oxidation sites excluding steroid dienone is 3. The van der Waals surface area contributed by atoms with Crippen LogP contribution in [-0.4, -0.2) is 24.4 Å². The van der Waals surface area contributed by atoms with Gasteiger partial charge in [0.15, 0.2) is 0 Å². The summed E-state index contributed by atoms with van der Waals surface area (Å²) in [5.74, 6) is 1.03. The van der Waals surface area contributed by atoms with Gasteiger partial charge in [-0.05, 0) is 73.9 Å². The van der Waals surface area contributed by atoms with E-state index in [-0.39, 0.29) is 17.9 Å². The minimum atomic E-state index is -0.132. The maximum atomic E-state index is 12.9. The van der Waals surface area contributed by atoms with Crippen molar-refractivity contribution in [1.29, 1.82) is 0 Å². The number of hydrogen-bond donors (Lipinski definition) is 3. The number of anilines is 1. The van der Waals surface area contributed by atoms with E-state index in [1.165, 1.54) is 44.1 Å². The van der Waals surface area contributed by atoms with Gasteiger partial charge in [0.2, 0.25) is 5.91 Å². The van der Waals surface area contributed by atoms with Crippen LogP contribution in [0.2, 0.25) is 0 Å². The second-order valence-corrected chi connectivity index (χ2v) is 9.35. The van der Waals surface area contributed by atoms with Crippen LogP contribution in [0.25, 0.3) is 0 Å². The number of carbonyl (C=O) groups is 2. The Morgan fingerprint density at radius 2 is 1.80 bits per heavy atom. The number of benzene rings is 1. The normalized spacial score (nSPS) is 24.3. The smallest absolute Gasteiger partial charge is 0.261 e. The summed E-state index contributed by atoms with van der Waals surface area (Å²) in [5.41, 5.74) is 1.32. The Kier molecular flexibility index (Phi) is 7.28. The van der Waals surface area contributed by atoms with Gasteiger partial charge in [-0.2, -0.15) is 0 Å². The van der Waals surface area contributed by atoms with E-state index in [2.05, 4.69) is 27.5 Å². The zero-order valence-electron chi connectivity index (χ0n) is 17.4. The fraction of sp³-hybridized carbons (Fsp3) is 0.500. The van der Waals surface area contributed by atoms with Gasteiger partial charge in [-0.25, -0.2) is 0 Å². The highest BCUT2D eigenvalue weighted by atomic mass is 32.2. The van der Waals surface area contributed by atoms with Gasteiger partial charge in [0, 0.05) is 16.2 Å². The quantitative estimate of drug-likeness (QED) is 0.573. The van der Waals surface area contributed by atoms with Crippen molar-refractivity contribution < 1.29 is 9.59 Å². The molecule has 1 aromatic rings. The first-order chi connectivity index (χ1) is 14.7. The average molecular weight is 426 g/mol. The van der Waals surface area contributed by atoms with Crippen molar-refractivity contribution >= 4 is 29.4 Å². The molecule has 30 heavy (non-hydrogen) atoms. The van der Waals surface area contributed by atoms with Gasteiger partial charge in [-0.15, -0.1) is 0 Å². The molecule has 6 heteroatoms. The van der Waals surface area contributed by atoms with Crippen LogP contribution >= 0.6 is 11.9 Å². The van der Waals surface area contributed by atoms with Gasteiger partial charge < -0.3 is 10.6 Å². The van der Waals surface area contributed by atoms with Crippen LogP contribution in [0.1, 0.15) is 61.7 Å². The van der Waals surface area contributed by atoms with Crippen molar-refractivity contribution in [2.45, 2.75) is 57.4 Å². The molecule has 1 saturated heterocycles. The number of nitrogens with one attached hydrogen (secondary N) is 3. The molecule has 3 N–H and O–H groups in total. The van der Waals surface area contributed by atoms with E-state index in [0.717, 1.165) is 36.4 Å². The molecule has 1 saturated carbocycles. The van der Waals surface area contributed by atoms with E-state index in [1.54, 1.807) is 12.1 Å². The van der Waals surface area contributed by atoms with Crippen LogP contribution in [0.5, 0.6) is 0 Å². The molecule has 3 aliphatic rings. The van der Waals surface area contributed by atoms with Crippen molar-refractivity contribution in [3.63, 3.8) is 0 Å². The highest BCUT2D eigenvalue weighted by Gasteiger charge is 2.38. The standard InChI is InChI=1S/C24H31N3O2S/c28-23(27-30-20-9-5-2-6-10-20)18-11-13-19(14-12-18)26-24(29)22-21(15-16-25-22)17-7-3-1-4-8-17/h5,9-14,17,21-22,25H,1-4,6-8,15-16H2,(H,26,29)(H,27,28). The monoisotopic (exact) mass is 425 g/mol. The van der Waals surface area contributed by atoms with E-state index in [0.29, 0.717) is 17.4 Å². The Balaban J connectivity index is 1.30. The Labute approximate surface area is 183 Å². The van der Waals surface area contributed by atoms with Crippen molar-refractivity contribution in [1.82, 2.24) is 10.0 Å². The minimum Gasteiger partial charge on any atom is -0.325 e. The molecule has 2 unspecified atom stereocenters. The van der Waals surface area contributed by atoms with Crippen molar-refractivity contribution in [2.24, 2.45) is 11.8 Å². The lowest BCUT2D eigenvalue weighted by Crippen LogP contribution is -2.42. The van der Waals surface area contributed by atoms with Crippen LogP contribution in [0, 0.1) is 11.8 Å². The summed E-state index contributed by atoms with van der Waals surface area (Å²) in [6.45, 7) is 0.918. The predicted octanol–water partition coefficient (Wildman–Crippen LogP) is 4.80. The summed E-state index contributed by atoms with van der Waals surface area (Å²) in [4.78, 5) is 26.3. The molecule has 2 atom stereocenters. The molecule has 0 spiro atoms. The summed E-state index contributed by atoms with van der Waals surface area (Å²) in [6.07, 6.45) is 15.9. The molecular weight excluding hydrogens is 394 g/mol. The van der Waals surface area contributed by atoms with E-state index >= 15 is 0 Å². The minimum absolute atomic E-state index is 0.0480.